The molecule has 4 atom stereocenters. The van der Waals surface area contributed by atoms with Crippen LogP contribution in [0.2, 0.25) is 0 Å². The van der Waals surface area contributed by atoms with Crippen molar-refractivity contribution in [1.29, 1.82) is 0 Å². The van der Waals surface area contributed by atoms with E-state index in [1.807, 2.05) is 51.1 Å². The molecule has 0 bridgehead atoms. The largest absolute Gasteiger partial charge is 0.480 e. The average Bonchev–Trinajstić information content (AvgIpc) is 3.03. The van der Waals surface area contributed by atoms with Gasteiger partial charge < -0.3 is 9.84 Å². The van der Waals surface area contributed by atoms with E-state index in [2.05, 4.69) is 5.32 Å². The van der Waals surface area contributed by atoms with Gasteiger partial charge in [-0.05, 0) is 53.0 Å². The Balaban J connectivity index is 2.22. The van der Waals surface area contributed by atoms with Gasteiger partial charge >= 0.3 is 18.0 Å². The lowest BCUT2D eigenvalue weighted by atomic mass is 10.0. The number of aliphatic carboxylic acids is 1. The third-order valence-corrected chi connectivity index (χ3v) is 6.44. The number of carboxylic acid groups (broad SMARTS) is 1. The van der Waals surface area contributed by atoms with Crippen LogP contribution in [0.4, 0.5) is 4.79 Å². The van der Waals surface area contributed by atoms with Gasteiger partial charge in [-0.15, -0.1) is 0 Å². The maximum atomic E-state index is 13.3. The Morgan fingerprint density at radius 3 is 2.36 bits per heavy atom. The predicted octanol–water partition coefficient (Wildman–Crippen LogP) is 2.19. The zero-order chi connectivity index (χ0) is 25.0. The molecule has 1 heterocycles. The summed E-state index contributed by atoms with van der Waals surface area (Å²) in [6.45, 7) is 8.90. The molecule has 1 aliphatic rings. The molecular weight excluding hydrogens is 426 g/mol. The number of benzene rings is 1. The lowest BCUT2D eigenvalue weighted by Crippen LogP contribution is -2.60. The average molecular weight is 463 g/mol. The lowest BCUT2D eigenvalue weighted by molar-refractivity contribution is -0.870. The summed E-state index contributed by atoms with van der Waals surface area (Å²) < 4.78 is 4.96. The molecule has 1 unspecified atom stereocenters. The summed E-state index contributed by atoms with van der Waals surface area (Å²) in [5.74, 6) is -2.40. The zero-order valence-corrected chi connectivity index (χ0v) is 20.3. The van der Waals surface area contributed by atoms with Crippen LogP contribution >= 0.6 is 0 Å². The Kier molecular flexibility index (Phi) is 8.37. The van der Waals surface area contributed by atoms with Crippen LogP contribution in [0.15, 0.2) is 30.3 Å². The first kappa shape index (κ1) is 26.5. The molecule has 0 spiro atoms. The van der Waals surface area contributed by atoms with Crippen LogP contribution in [0.1, 0.15) is 46.6 Å². The number of hydrogen-bond donors (Lipinski definition) is 2. The second kappa shape index (κ2) is 10.4. The molecular formula is C24H36N3O6+. The number of imide groups is 1. The first-order chi connectivity index (χ1) is 15.3. The van der Waals surface area contributed by atoms with Gasteiger partial charge in [-0.1, -0.05) is 30.3 Å². The number of ether oxygens (including phenoxy) is 1. The summed E-state index contributed by atoms with van der Waals surface area (Å²) >= 11 is 0. The van der Waals surface area contributed by atoms with Crippen molar-refractivity contribution >= 4 is 23.9 Å². The van der Waals surface area contributed by atoms with Crippen LogP contribution in [-0.4, -0.2) is 82.2 Å². The van der Waals surface area contributed by atoms with Crippen molar-refractivity contribution in [3.8, 4) is 0 Å². The first-order valence-corrected chi connectivity index (χ1v) is 11.3. The number of amides is 3. The van der Waals surface area contributed by atoms with Crippen LogP contribution in [0.3, 0.4) is 0 Å². The van der Waals surface area contributed by atoms with Gasteiger partial charge in [0, 0.05) is 0 Å². The summed E-state index contributed by atoms with van der Waals surface area (Å²) in [7, 11) is 1.64. The smallest absolute Gasteiger partial charge is 0.427 e. The predicted molar refractivity (Wildman–Crippen MR) is 122 cm³/mol. The van der Waals surface area contributed by atoms with Crippen LogP contribution < -0.4 is 5.32 Å². The fourth-order valence-electron chi connectivity index (χ4n) is 3.92. The molecule has 9 heteroatoms. The van der Waals surface area contributed by atoms with Crippen LogP contribution in [0.25, 0.3) is 0 Å². The normalized spacial score (nSPS) is 22.7. The third-order valence-electron chi connectivity index (χ3n) is 6.44. The molecule has 0 saturated carbocycles. The van der Waals surface area contributed by atoms with Gasteiger partial charge in [-0.25, -0.2) is 19.0 Å². The maximum Gasteiger partial charge on any atom is 0.427 e. The topological polar surface area (TPSA) is 113 Å². The number of esters is 1. The number of carboxylic acids is 1. The van der Waals surface area contributed by atoms with E-state index in [-0.39, 0.29) is 17.6 Å². The summed E-state index contributed by atoms with van der Waals surface area (Å²) in [6, 6.07) is 6.02. The third kappa shape index (κ3) is 5.78. The van der Waals surface area contributed by atoms with Crippen molar-refractivity contribution in [2.75, 3.05) is 20.2 Å². The second-order valence-electron chi connectivity index (χ2n) is 9.61. The number of nitrogens with one attached hydrogen (secondary N) is 1. The molecule has 2 rings (SSSR count). The molecule has 33 heavy (non-hydrogen) atoms. The minimum absolute atomic E-state index is 0.0224. The molecule has 2 N–H and O–H groups in total. The van der Waals surface area contributed by atoms with Gasteiger partial charge in [-0.3, -0.25) is 14.9 Å². The van der Waals surface area contributed by atoms with Crippen molar-refractivity contribution in [2.24, 2.45) is 0 Å². The molecule has 182 valence electrons. The number of likely N-dealkylation sites (N-methyl/N-ethyl adjacent to an activating group) is 1. The van der Waals surface area contributed by atoms with E-state index in [1.165, 1.54) is 6.92 Å². The van der Waals surface area contributed by atoms with E-state index in [0.29, 0.717) is 12.8 Å². The Bertz CT molecular complexity index is 882. The Morgan fingerprint density at radius 2 is 1.85 bits per heavy atom. The number of quaternary nitrogens is 1. The Labute approximate surface area is 195 Å². The molecule has 0 aromatic heterocycles. The van der Waals surface area contributed by atoms with E-state index in [0.717, 1.165) is 10.5 Å². The van der Waals surface area contributed by atoms with Gasteiger partial charge in [0.05, 0.1) is 25.2 Å². The summed E-state index contributed by atoms with van der Waals surface area (Å²) in [4.78, 5) is 51.9. The fraction of sp³-hybridized carbons (Fsp3) is 0.583. The quantitative estimate of drug-likeness (QED) is 0.427. The monoisotopic (exact) mass is 462 g/mol. The van der Waals surface area contributed by atoms with Crippen molar-refractivity contribution in [3.05, 3.63) is 35.9 Å². The molecule has 9 nitrogen and oxygen atoms in total. The van der Waals surface area contributed by atoms with E-state index in [1.54, 1.807) is 14.0 Å². The second-order valence-corrected chi connectivity index (χ2v) is 9.61. The molecule has 1 fully saturated rings. The number of urea groups is 1. The van der Waals surface area contributed by atoms with Crippen LogP contribution in [-0.2, 0) is 25.5 Å². The summed E-state index contributed by atoms with van der Waals surface area (Å²) in [5, 5.41) is 12.7. The highest BCUT2D eigenvalue weighted by atomic mass is 16.5. The first-order valence-electron chi connectivity index (χ1n) is 11.3. The van der Waals surface area contributed by atoms with Crippen molar-refractivity contribution in [1.82, 2.24) is 10.2 Å². The summed E-state index contributed by atoms with van der Waals surface area (Å²) in [6.07, 6.45) is 0.962. The van der Waals surface area contributed by atoms with E-state index >= 15 is 0 Å². The fourth-order valence-corrected chi connectivity index (χ4v) is 3.92. The number of carbonyl (C=O) groups is 4. The molecule has 0 radical (unpaired) electrons. The Hall–Kier alpha value is -2.78. The molecule has 1 aromatic rings. The van der Waals surface area contributed by atoms with Crippen molar-refractivity contribution in [2.45, 2.75) is 71.1 Å². The van der Waals surface area contributed by atoms with Gasteiger partial charge in [0.15, 0.2) is 6.04 Å². The van der Waals surface area contributed by atoms with Crippen LogP contribution in [0, 0.1) is 0 Å². The van der Waals surface area contributed by atoms with Gasteiger partial charge in [-0.2, -0.15) is 0 Å². The molecule has 3 amide bonds. The highest BCUT2D eigenvalue weighted by molar-refractivity contribution is 6.00. The van der Waals surface area contributed by atoms with Gasteiger partial charge in [0.25, 0.3) is 5.91 Å². The van der Waals surface area contributed by atoms with E-state index in [4.69, 9.17) is 4.74 Å². The number of hydrogen-bond acceptors (Lipinski definition) is 6. The highest BCUT2D eigenvalue weighted by Crippen LogP contribution is 2.32. The van der Waals surface area contributed by atoms with Crippen molar-refractivity contribution < 1.29 is 33.5 Å². The Morgan fingerprint density at radius 1 is 1.24 bits per heavy atom. The highest BCUT2D eigenvalue weighted by Gasteiger charge is 2.60. The van der Waals surface area contributed by atoms with E-state index in [9.17, 15) is 24.3 Å². The lowest BCUT2D eigenvalue weighted by Gasteiger charge is -2.38. The zero-order valence-electron chi connectivity index (χ0n) is 20.3. The number of aryl methyl sites for hydroxylation is 1. The number of nitrogens with zero attached hydrogens (tertiary/aromatic N) is 2. The molecule has 1 aliphatic heterocycles. The molecule has 1 aromatic carbocycles. The van der Waals surface area contributed by atoms with Crippen LogP contribution in [0.5, 0.6) is 0 Å². The van der Waals surface area contributed by atoms with Gasteiger partial charge in [0.1, 0.15) is 12.6 Å². The number of rotatable bonds is 9. The minimum Gasteiger partial charge on any atom is -0.480 e. The minimum atomic E-state index is -1.27. The SMILES string of the molecule is CCOC(=O)[C@H](CCc1ccccc1)N[C@@H](C)C(=O)N1C(=O)[N+](C)(C(C)(C)C)C[C@H]1C(=O)O. The van der Waals surface area contributed by atoms with Gasteiger partial charge in [0.2, 0.25) is 0 Å². The van der Waals surface area contributed by atoms with Crippen molar-refractivity contribution in [3.63, 3.8) is 0 Å². The molecule has 0 aliphatic carbocycles. The standard InChI is InChI=1S/C24H35N3O6/c1-7-33-22(31)18(14-13-17-11-9-8-10-12-17)25-16(2)20(28)26-19(21(29)30)15-27(6,23(26)32)24(3,4)5/h8-12,16,18-19,25H,7,13-15H2,1-6H3/p+1/t16-,18-,19-,27?/m0/s1. The van der Waals surface area contributed by atoms with E-state index < -0.39 is 47.5 Å². The molecule has 1 saturated heterocycles. The maximum absolute atomic E-state index is 13.3. The number of carbonyl (C=O) groups excluding carboxylic acids is 3. The summed E-state index contributed by atoms with van der Waals surface area (Å²) in [5.41, 5.74) is 0.436.